The van der Waals surface area contributed by atoms with Crippen LogP contribution in [-0.4, -0.2) is 29.3 Å². The molecule has 0 atom stereocenters. The highest BCUT2D eigenvalue weighted by atomic mass is 35.5. The van der Waals surface area contributed by atoms with Gasteiger partial charge in [0.25, 0.3) is 0 Å². The summed E-state index contributed by atoms with van der Waals surface area (Å²) in [6, 6.07) is 10.3. The van der Waals surface area contributed by atoms with E-state index in [-0.39, 0.29) is 17.4 Å². The van der Waals surface area contributed by atoms with Gasteiger partial charge in [-0.2, -0.15) is 0 Å². The molecule has 0 aliphatic heterocycles. The summed E-state index contributed by atoms with van der Waals surface area (Å²) >= 11 is 5.81. The minimum atomic E-state index is -0.266. The van der Waals surface area contributed by atoms with Crippen molar-refractivity contribution in [2.45, 2.75) is 38.1 Å². The van der Waals surface area contributed by atoms with Gasteiger partial charge in [0.2, 0.25) is 5.91 Å². The first-order valence-electron chi connectivity index (χ1n) is 6.54. The normalized spacial score (nSPS) is 16.7. The molecule has 0 radical (unpaired) electrons. The average Bonchev–Trinajstić information content (AvgIpc) is 3.17. The third kappa shape index (κ3) is 2.39. The lowest BCUT2D eigenvalue weighted by molar-refractivity contribution is -0.135. The zero-order chi connectivity index (χ0) is 13.2. The first kappa shape index (κ1) is 13.4. The molecule has 2 rings (SSSR count). The van der Waals surface area contributed by atoms with Gasteiger partial charge in [-0.1, -0.05) is 30.3 Å². The van der Waals surface area contributed by atoms with Gasteiger partial charge in [0, 0.05) is 18.5 Å². The Labute approximate surface area is 114 Å². The first-order chi connectivity index (χ1) is 8.62. The number of hydrogen-bond acceptors (Lipinski definition) is 1. The summed E-state index contributed by atoms with van der Waals surface area (Å²) in [5.74, 6) is 0.735. The van der Waals surface area contributed by atoms with E-state index in [0.29, 0.717) is 12.4 Å². The van der Waals surface area contributed by atoms with Gasteiger partial charge in [0.05, 0.1) is 5.41 Å². The molecule has 3 heteroatoms. The van der Waals surface area contributed by atoms with Crippen molar-refractivity contribution in [3.05, 3.63) is 35.9 Å². The van der Waals surface area contributed by atoms with Crippen LogP contribution in [0.3, 0.4) is 0 Å². The first-order valence-corrected chi connectivity index (χ1v) is 7.08. The van der Waals surface area contributed by atoms with Gasteiger partial charge in [-0.3, -0.25) is 4.79 Å². The maximum absolute atomic E-state index is 12.7. The molecule has 0 unspecified atom stereocenters. The van der Waals surface area contributed by atoms with Crippen LogP contribution in [0.5, 0.6) is 0 Å². The fourth-order valence-corrected chi connectivity index (χ4v) is 2.65. The molecule has 0 heterocycles. The van der Waals surface area contributed by atoms with Crippen LogP contribution in [0, 0.1) is 0 Å². The second-order valence-corrected chi connectivity index (χ2v) is 5.61. The van der Waals surface area contributed by atoms with Gasteiger partial charge in [-0.25, -0.2) is 0 Å². The highest BCUT2D eigenvalue weighted by Crippen LogP contribution is 2.49. The monoisotopic (exact) mass is 265 g/mol. The summed E-state index contributed by atoms with van der Waals surface area (Å²) in [5.41, 5.74) is 0.882. The van der Waals surface area contributed by atoms with E-state index in [2.05, 4.69) is 12.1 Å². The summed E-state index contributed by atoms with van der Waals surface area (Å²) in [7, 11) is 0. The molecular weight excluding hydrogens is 246 g/mol. The molecule has 1 aromatic rings. The van der Waals surface area contributed by atoms with Crippen LogP contribution in [0.4, 0.5) is 0 Å². The lowest BCUT2D eigenvalue weighted by atomic mass is 9.94. The number of halogens is 1. The topological polar surface area (TPSA) is 20.3 Å². The minimum Gasteiger partial charge on any atom is -0.338 e. The third-order valence-corrected chi connectivity index (χ3v) is 3.86. The van der Waals surface area contributed by atoms with E-state index in [1.54, 1.807) is 0 Å². The van der Waals surface area contributed by atoms with Gasteiger partial charge in [0.1, 0.15) is 0 Å². The van der Waals surface area contributed by atoms with Crippen LogP contribution in [0.15, 0.2) is 30.3 Å². The number of nitrogens with zero attached hydrogens (tertiary/aromatic N) is 1. The van der Waals surface area contributed by atoms with Crippen molar-refractivity contribution in [2.24, 2.45) is 0 Å². The average molecular weight is 266 g/mol. The number of alkyl halides is 1. The number of rotatable bonds is 5. The Morgan fingerprint density at radius 1 is 1.33 bits per heavy atom. The number of carbonyl (C=O) groups is 1. The summed E-state index contributed by atoms with van der Waals surface area (Å²) in [5, 5.41) is 0. The Kier molecular flexibility index (Phi) is 3.96. The second kappa shape index (κ2) is 5.31. The van der Waals surface area contributed by atoms with Gasteiger partial charge in [0.15, 0.2) is 0 Å². The maximum atomic E-state index is 12.7. The van der Waals surface area contributed by atoms with Crippen molar-refractivity contribution in [3.8, 4) is 0 Å². The van der Waals surface area contributed by atoms with Gasteiger partial charge in [-0.15, -0.1) is 11.6 Å². The van der Waals surface area contributed by atoms with E-state index in [0.717, 1.165) is 18.4 Å². The summed E-state index contributed by atoms with van der Waals surface area (Å²) in [4.78, 5) is 14.6. The predicted molar refractivity (Wildman–Crippen MR) is 74.9 cm³/mol. The second-order valence-electron chi connectivity index (χ2n) is 5.23. The quantitative estimate of drug-likeness (QED) is 0.749. The van der Waals surface area contributed by atoms with Gasteiger partial charge in [-0.05, 0) is 32.3 Å². The standard InChI is InChI=1S/C15H20ClNO/c1-12(2)17(11-10-16)14(18)15(8-9-15)13-6-4-3-5-7-13/h3-7,12H,8-11H2,1-2H3. The number of benzene rings is 1. The Hall–Kier alpha value is -1.02. The van der Waals surface area contributed by atoms with E-state index in [1.165, 1.54) is 0 Å². The number of carbonyl (C=O) groups excluding carboxylic acids is 1. The molecule has 1 amide bonds. The van der Waals surface area contributed by atoms with Crippen molar-refractivity contribution >= 4 is 17.5 Å². The van der Waals surface area contributed by atoms with Gasteiger partial charge < -0.3 is 4.90 Å². The molecule has 1 fully saturated rings. The zero-order valence-electron chi connectivity index (χ0n) is 11.0. The minimum absolute atomic E-state index is 0.206. The van der Waals surface area contributed by atoms with Crippen LogP contribution in [-0.2, 0) is 10.2 Å². The molecule has 98 valence electrons. The molecule has 1 saturated carbocycles. The molecule has 2 nitrogen and oxygen atoms in total. The van der Waals surface area contributed by atoms with E-state index in [9.17, 15) is 4.79 Å². The van der Waals surface area contributed by atoms with E-state index >= 15 is 0 Å². The largest absolute Gasteiger partial charge is 0.338 e. The van der Waals surface area contributed by atoms with Crippen LogP contribution in [0.25, 0.3) is 0 Å². The smallest absolute Gasteiger partial charge is 0.233 e. The van der Waals surface area contributed by atoms with Crippen molar-refractivity contribution in [1.82, 2.24) is 4.90 Å². The van der Waals surface area contributed by atoms with Gasteiger partial charge >= 0.3 is 0 Å². The summed E-state index contributed by atoms with van der Waals surface area (Å²) < 4.78 is 0. The van der Waals surface area contributed by atoms with Crippen LogP contribution in [0.1, 0.15) is 32.3 Å². The molecule has 1 aliphatic rings. The summed E-state index contributed by atoms with van der Waals surface area (Å²) in [6.45, 7) is 4.73. The lowest BCUT2D eigenvalue weighted by Gasteiger charge is -2.30. The van der Waals surface area contributed by atoms with Crippen LogP contribution >= 0.6 is 11.6 Å². The van der Waals surface area contributed by atoms with Crippen LogP contribution in [0.2, 0.25) is 0 Å². The molecule has 0 bridgehead atoms. The van der Waals surface area contributed by atoms with E-state index < -0.39 is 0 Å². The zero-order valence-corrected chi connectivity index (χ0v) is 11.8. The fourth-order valence-electron chi connectivity index (χ4n) is 2.47. The Bertz CT molecular complexity index is 412. The lowest BCUT2D eigenvalue weighted by Crippen LogP contribution is -2.44. The molecule has 0 saturated heterocycles. The molecule has 1 aliphatic carbocycles. The van der Waals surface area contributed by atoms with Crippen molar-refractivity contribution < 1.29 is 4.79 Å². The SMILES string of the molecule is CC(C)N(CCCl)C(=O)C1(c2ccccc2)CC1. The van der Waals surface area contributed by atoms with Crippen molar-refractivity contribution in [3.63, 3.8) is 0 Å². The third-order valence-electron chi connectivity index (χ3n) is 3.70. The fraction of sp³-hybridized carbons (Fsp3) is 0.533. The van der Waals surface area contributed by atoms with Crippen molar-refractivity contribution in [2.75, 3.05) is 12.4 Å². The molecular formula is C15H20ClNO. The molecule has 0 spiro atoms. The highest BCUT2D eigenvalue weighted by Gasteiger charge is 2.53. The molecule has 1 aromatic carbocycles. The maximum Gasteiger partial charge on any atom is 0.233 e. The molecule has 0 aromatic heterocycles. The summed E-state index contributed by atoms with van der Waals surface area (Å²) in [6.07, 6.45) is 1.92. The predicted octanol–water partition coefficient (Wildman–Crippen LogP) is 3.19. The Morgan fingerprint density at radius 3 is 2.39 bits per heavy atom. The Morgan fingerprint density at radius 2 is 1.94 bits per heavy atom. The van der Waals surface area contributed by atoms with E-state index in [1.807, 2.05) is 36.9 Å². The Balaban J connectivity index is 2.22. The molecule has 18 heavy (non-hydrogen) atoms. The number of hydrogen-bond donors (Lipinski definition) is 0. The van der Waals surface area contributed by atoms with Crippen LogP contribution < -0.4 is 0 Å². The van der Waals surface area contributed by atoms with E-state index in [4.69, 9.17) is 11.6 Å². The molecule has 0 N–H and O–H groups in total. The highest BCUT2D eigenvalue weighted by molar-refractivity contribution is 6.18. The van der Waals surface area contributed by atoms with Crippen molar-refractivity contribution in [1.29, 1.82) is 0 Å². The number of amides is 1.